The molecule has 0 atom stereocenters. The number of terminal acetylenes is 1. The number of carbonyl (C=O) groups excluding carboxylic acids is 2. The Morgan fingerprint density at radius 2 is 2.20 bits per heavy atom. The Balaban J connectivity index is 2.34. The fourth-order valence-corrected chi connectivity index (χ4v) is 3.05. The Morgan fingerprint density at radius 3 is 2.80 bits per heavy atom. The van der Waals surface area contributed by atoms with E-state index in [0.29, 0.717) is 0 Å². The van der Waals surface area contributed by atoms with Crippen LogP contribution in [0.3, 0.4) is 0 Å². The molecule has 108 valence electrons. The topological polar surface area (TPSA) is 102 Å². The number of hydrogen-bond donors (Lipinski definition) is 2. The average Bonchev–Trinajstić information content (AvgIpc) is 2.95. The molecule has 0 spiro atoms. The zero-order valence-electron chi connectivity index (χ0n) is 10.3. The largest absolute Gasteiger partial charge is 0.455 e. The molecule has 1 aromatic heterocycles. The first kappa shape index (κ1) is 16.2. The number of thiophene rings is 1. The van der Waals surface area contributed by atoms with Gasteiger partial charge in [-0.25, -0.2) is 8.42 Å². The van der Waals surface area contributed by atoms with Crippen molar-refractivity contribution in [2.75, 3.05) is 19.7 Å². The fraction of sp³-hybridized carbons (Fsp3) is 0.273. The summed E-state index contributed by atoms with van der Waals surface area (Å²) in [5.41, 5.74) is 0. The van der Waals surface area contributed by atoms with Gasteiger partial charge in [-0.05, 0) is 11.4 Å². The molecular weight excluding hydrogens is 304 g/mol. The van der Waals surface area contributed by atoms with Gasteiger partial charge in [0, 0.05) is 0 Å². The molecular formula is C11H12N2O5S2. The van der Waals surface area contributed by atoms with E-state index in [9.17, 15) is 18.0 Å². The molecule has 0 bridgehead atoms. The van der Waals surface area contributed by atoms with Crippen LogP contribution < -0.4 is 10.0 Å². The lowest BCUT2D eigenvalue weighted by Gasteiger charge is -2.06. The van der Waals surface area contributed by atoms with Crippen LogP contribution in [-0.4, -0.2) is 40.0 Å². The summed E-state index contributed by atoms with van der Waals surface area (Å²) >= 11 is 1.02. The highest BCUT2D eigenvalue weighted by Crippen LogP contribution is 2.14. The van der Waals surface area contributed by atoms with Gasteiger partial charge in [0.2, 0.25) is 0 Å². The minimum Gasteiger partial charge on any atom is -0.455 e. The fourth-order valence-electron chi connectivity index (χ4n) is 1.04. The number of amides is 1. The highest BCUT2D eigenvalue weighted by molar-refractivity contribution is 7.91. The van der Waals surface area contributed by atoms with Crippen LogP contribution in [0, 0.1) is 12.3 Å². The van der Waals surface area contributed by atoms with E-state index in [2.05, 4.69) is 20.7 Å². The lowest BCUT2D eigenvalue weighted by Crippen LogP contribution is -2.33. The van der Waals surface area contributed by atoms with E-state index in [0.717, 1.165) is 11.3 Å². The van der Waals surface area contributed by atoms with Gasteiger partial charge in [-0.3, -0.25) is 9.59 Å². The standard InChI is InChI=1S/C11H12N2O5S2/c1-2-5-12-9(14)8-18-10(15)7-13-20(16,17)11-4-3-6-19-11/h1,3-4,6,13H,5,7-8H2,(H,12,14). The monoisotopic (exact) mass is 316 g/mol. The normalized spacial score (nSPS) is 10.6. The number of nitrogens with one attached hydrogen (secondary N) is 2. The summed E-state index contributed by atoms with van der Waals surface area (Å²) in [6.07, 6.45) is 4.93. The second-order valence-corrected chi connectivity index (χ2v) is 6.34. The third-order valence-electron chi connectivity index (χ3n) is 1.92. The van der Waals surface area contributed by atoms with Crippen molar-refractivity contribution in [2.45, 2.75) is 4.21 Å². The molecule has 0 unspecified atom stereocenters. The van der Waals surface area contributed by atoms with E-state index in [1.165, 1.54) is 6.07 Å². The third-order valence-corrected chi connectivity index (χ3v) is 4.72. The first-order valence-corrected chi connectivity index (χ1v) is 7.71. The van der Waals surface area contributed by atoms with Crippen LogP contribution in [0.1, 0.15) is 0 Å². The lowest BCUT2D eigenvalue weighted by molar-refractivity contribution is -0.147. The molecule has 1 heterocycles. The lowest BCUT2D eigenvalue weighted by atomic mass is 10.5. The predicted molar refractivity (Wildman–Crippen MR) is 72.3 cm³/mol. The van der Waals surface area contributed by atoms with Crippen molar-refractivity contribution in [3.63, 3.8) is 0 Å². The van der Waals surface area contributed by atoms with E-state index < -0.39 is 35.1 Å². The van der Waals surface area contributed by atoms with Crippen LogP contribution in [-0.2, 0) is 24.3 Å². The van der Waals surface area contributed by atoms with Crippen molar-refractivity contribution in [3.8, 4) is 12.3 Å². The van der Waals surface area contributed by atoms with Crippen LogP contribution in [0.5, 0.6) is 0 Å². The zero-order chi connectivity index (χ0) is 15.0. The molecule has 2 N–H and O–H groups in total. The van der Waals surface area contributed by atoms with Gasteiger partial charge in [0.25, 0.3) is 15.9 Å². The van der Waals surface area contributed by atoms with Gasteiger partial charge >= 0.3 is 5.97 Å². The summed E-state index contributed by atoms with van der Waals surface area (Å²) in [5, 5.41) is 3.89. The predicted octanol–water partition coefficient (Wildman–Crippen LogP) is -0.681. The van der Waals surface area contributed by atoms with E-state index in [4.69, 9.17) is 6.42 Å². The molecule has 0 fully saturated rings. The molecule has 1 rings (SSSR count). The van der Waals surface area contributed by atoms with Crippen LogP contribution in [0.15, 0.2) is 21.7 Å². The second kappa shape index (κ2) is 7.64. The Morgan fingerprint density at radius 1 is 1.45 bits per heavy atom. The molecule has 20 heavy (non-hydrogen) atoms. The quantitative estimate of drug-likeness (QED) is 0.512. The third kappa shape index (κ3) is 5.40. The summed E-state index contributed by atoms with van der Waals surface area (Å²) in [6, 6.07) is 2.99. The van der Waals surface area contributed by atoms with Gasteiger partial charge in [-0.2, -0.15) is 4.72 Å². The molecule has 0 saturated carbocycles. The molecule has 0 saturated heterocycles. The van der Waals surface area contributed by atoms with Crippen LogP contribution in [0.4, 0.5) is 0 Å². The van der Waals surface area contributed by atoms with E-state index in [-0.39, 0.29) is 10.8 Å². The average molecular weight is 316 g/mol. The van der Waals surface area contributed by atoms with Crippen molar-refractivity contribution < 1.29 is 22.7 Å². The molecule has 0 aliphatic heterocycles. The van der Waals surface area contributed by atoms with Gasteiger partial charge < -0.3 is 10.1 Å². The van der Waals surface area contributed by atoms with Crippen LogP contribution >= 0.6 is 11.3 Å². The minimum absolute atomic E-state index is 0.0292. The molecule has 7 nitrogen and oxygen atoms in total. The van der Waals surface area contributed by atoms with Gasteiger partial charge in [0.1, 0.15) is 10.8 Å². The Hall–Kier alpha value is -1.89. The maximum Gasteiger partial charge on any atom is 0.321 e. The Kier molecular flexibility index (Phi) is 6.17. The molecule has 1 aromatic rings. The molecule has 0 radical (unpaired) electrons. The summed E-state index contributed by atoms with van der Waals surface area (Å²) in [6.45, 7) is -1.04. The van der Waals surface area contributed by atoms with E-state index >= 15 is 0 Å². The highest BCUT2D eigenvalue weighted by Gasteiger charge is 2.17. The number of ether oxygens (including phenoxy) is 1. The molecule has 0 aromatic carbocycles. The maximum absolute atomic E-state index is 11.7. The molecule has 1 amide bonds. The van der Waals surface area contributed by atoms with Crippen molar-refractivity contribution in [1.82, 2.24) is 10.0 Å². The number of sulfonamides is 1. The second-order valence-electron chi connectivity index (χ2n) is 3.40. The van der Waals surface area contributed by atoms with Gasteiger partial charge in [0.15, 0.2) is 6.61 Å². The van der Waals surface area contributed by atoms with Crippen LogP contribution in [0.2, 0.25) is 0 Å². The Bertz CT molecular complexity index is 601. The number of carbonyl (C=O) groups is 2. The zero-order valence-corrected chi connectivity index (χ0v) is 11.9. The maximum atomic E-state index is 11.7. The van der Waals surface area contributed by atoms with E-state index in [1.807, 2.05) is 0 Å². The SMILES string of the molecule is C#CCNC(=O)COC(=O)CNS(=O)(=O)c1cccs1. The van der Waals surface area contributed by atoms with Crippen molar-refractivity contribution in [2.24, 2.45) is 0 Å². The summed E-state index contributed by atoms with van der Waals surface area (Å²) in [7, 11) is -3.72. The van der Waals surface area contributed by atoms with Gasteiger partial charge in [-0.1, -0.05) is 12.0 Å². The number of hydrogen-bond acceptors (Lipinski definition) is 6. The summed E-state index contributed by atoms with van der Waals surface area (Å²) < 4.78 is 30.1. The molecule has 9 heteroatoms. The summed E-state index contributed by atoms with van der Waals surface area (Å²) in [4.78, 5) is 22.3. The van der Waals surface area contributed by atoms with Gasteiger partial charge in [-0.15, -0.1) is 17.8 Å². The molecule has 0 aliphatic rings. The minimum atomic E-state index is -3.72. The van der Waals surface area contributed by atoms with Crippen LogP contribution in [0.25, 0.3) is 0 Å². The first-order valence-electron chi connectivity index (χ1n) is 5.34. The van der Waals surface area contributed by atoms with Crippen molar-refractivity contribution in [1.29, 1.82) is 0 Å². The highest BCUT2D eigenvalue weighted by atomic mass is 32.2. The molecule has 0 aliphatic carbocycles. The van der Waals surface area contributed by atoms with E-state index in [1.54, 1.807) is 11.4 Å². The van der Waals surface area contributed by atoms with Crippen molar-refractivity contribution in [3.05, 3.63) is 17.5 Å². The first-order chi connectivity index (χ1) is 9.45. The number of esters is 1. The Labute approximate surface area is 120 Å². The van der Waals surface area contributed by atoms with Gasteiger partial charge in [0.05, 0.1) is 6.54 Å². The van der Waals surface area contributed by atoms with Crippen molar-refractivity contribution >= 4 is 33.2 Å². The summed E-state index contributed by atoms with van der Waals surface area (Å²) in [5.74, 6) is 0.766. The smallest absolute Gasteiger partial charge is 0.321 e. The number of rotatable bonds is 7.